The summed E-state index contributed by atoms with van der Waals surface area (Å²) in [6.45, 7) is 10.1. The zero-order chi connectivity index (χ0) is 21.1. The Morgan fingerprint density at radius 2 is 1.86 bits per heavy atom. The second kappa shape index (κ2) is 13.2. The Morgan fingerprint density at radius 1 is 1.07 bits per heavy atom. The van der Waals surface area contributed by atoms with Crippen LogP contribution in [0.5, 0.6) is 0 Å². The summed E-state index contributed by atoms with van der Waals surface area (Å²) >= 11 is 0. The second-order valence-electron chi connectivity index (χ2n) is 7.22. The Balaban J connectivity index is 1.91. The summed E-state index contributed by atoms with van der Waals surface area (Å²) in [5, 5.41) is 9.24. The number of nitrogens with two attached hydrogens (primary N) is 1. The number of benzene rings is 1. The molecule has 2 rings (SSSR count). The third-order valence-electron chi connectivity index (χ3n) is 5.14. The average molecular weight is 435 g/mol. The van der Waals surface area contributed by atoms with Crippen LogP contribution in [0.4, 0.5) is 5.69 Å². The molecule has 2 aromatic rings. The van der Waals surface area contributed by atoms with E-state index in [1.807, 2.05) is 21.6 Å². The van der Waals surface area contributed by atoms with Crippen molar-refractivity contribution in [3.63, 3.8) is 0 Å². The maximum absolute atomic E-state index is 9.24. The summed E-state index contributed by atoms with van der Waals surface area (Å²) in [4.78, 5) is 2.21. The van der Waals surface area contributed by atoms with Crippen LogP contribution in [0.2, 0.25) is 0 Å². The molecule has 1 heterocycles. The Labute approximate surface area is 184 Å². The number of aromatic nitrogens is 1. The van der Waals surface area contributed by atoms with Crippen LogP contribution in [-0.2, 0) is 19.4 Å². The second-order valence-corrected chi connectivity index (χ2v) is 9.92. The van der Waals surface area contributed by atoms with Gasteiger partial charge in [-0.1, -0.05) is 27.7 Å². The van der Waals surface area contributed by atoms with E-state index in [0.717, 1.165) is 44.0 Å². The van der Waals surface area contributed by atoms with Gasteiger partial charge in [0.1, 0.15) is 0 Å². The zero-order valence-electron chi connectivity index (χ0n) is 18.1. The van der Waals surface area contributed by atoms with Crippen LogP contribution in [0, 0.1) is 13.8 Å². The quantitative estimate of drug-likeness (QED) is 0.287. The predicted molar refractivity (Wildman–Crippen MR) is 129 cm³/mol. The molecule has 1 aromatic heterocycles. The maximum atomic E-state index is 9.24. The minimum atomic E-state index is 0.188. The largest absolute Gasteiger partial charge is 0.395 e. The number of hydrogen-bond acceptors (Lipinski definition) is 5. The summed E-state index contributed by atoms with van der Waals surface area (Å²) in [7, 11) is 3.76. The summed E-state index contributed by atoms with van der Waals surface area (Å²) in [6, 6.07) is 11.3. The molecule has 0 spiro atoms. The van der Waals surface area contributed by atoms with Gasteiger partial charge in [-0.25, -0.2) is 4.57 Å². The van der Waals surface area contributed by atoms with Gasteiger partial charge in [0.25, 0.3) is 0 Å². The minimum Gasteiger partial charge on any atom is -0.395 e. The fraction of sp³-hybridized carbons (Fsp3) is 0.522. The lowest BCUT2D eigenvalue weighted by Gasteiger charge is -2.23. The summed E-state index contributed by atoms with van der Waals surface area (Å²) in [6.07, 6.45) is 4.33. The monoisotopic (exact) mass is 434 g/mol. The normalized spacial score (nSPS) is 11.1. The molecule has 160 valence electrons. The molecule has 6 heteroatoms. The number of nitrogens with zero attached hydrogens (tertiary/aromatic N) is 2. The molecule has 0 bridgehead atoms. The minimum absolute atomic E-state index is 0.188. The van der Waals surface area contributed by atoms with Gasteiger partial charge in [0.2, 0.25) is 0 Å². The van der Waals surface area contributed by atoms with Crippen molar-refractivity contribution in [3.8, 4) is 0 Å². The smallest absolute Gasteiger partial charge is 0.178 e. The lowest BCUT2D eigenvalue weighted by atomic mass is 10.00. The van der Waals surface area contributed by atoms with E-state index in [9.17, 15) is 5.11 Å². The average Bonchev–Trinajstić information content (AvgIpc) is 2.72. The number of hydrogen-bond donors (Lipinski definition) is 2. The highest BCUT2D eigenvalue weighted by atomic mass is 33.1. The molecular weight excluding hydrogens is 398 g/mol. The number of aliphatic hydroxyl groups is 1. The first-order valence-electron chi connectivity index (χ1n) is 10.5. The van der Waals surface area contributed by atoms with Gasteiger partial charge in [-0.15, -0.1) is 0 Å². The molecular formula is C23H36N3OS2+. The van der Waals surface area contributed by atoms with E-state index in [4.69, 9.17) is 5.73 Å². The van der Waals surface area contributed by atoms with Crippen molar-refractivity contribution >= 4 is 27.3 Å². The SMILES string of the molecule is CCN(CCO)c1ccc(CCc2cc[n+](CCSSCCN)c(C)c2)c(C)c1. The molecule has 3 N–H and O–H groups in total. The van der Waals surface area contributed by atoms with E-state index in [2.05, 4.69) is 66.8 Å². The summed E-state index contributed by atoms with van der Waals surface area (Å²) in [5.74, 6) is 2.12. The number of rotatable bonds is 13. The van der Waals surface area contributed by atoms with Gasteiger partial charge in [-0.2, -0.15) is 0 Å². The van der Waals surface area contributed by atoms with E-state index in [-0.39, 0.29) is 6.61 Å². The third kappa shape index (κ3) is 7.85. The van der Waals surface area contributed by atoms with Crippen molar-refractivity contribution in [1.82, 2.24) is 0 Å². The Morgan fingerprint density at radius 3 is 2.52 bits per heavy atom. The van der Waals surface area contributed by atoms with E-state index in [0.29, 0.717) is 6.54 Å². The number of aliphatic hydroxyl groups excluding tert-OH is 1. The number of pyridine rings is 1. The lowest BCUT2D eigenvalue weighted by molar-refractivity contribution is -0.698. The van der Waals surface area contributed by atoms with Crippen molar-refractivity contribution in [2.24, 2.45) is 5.73 Å². The summed E-state index contributed by atoms with van der Waals surface area (Å²) in [5.41, 5.74) is 12.2. The van der Waals surface area contributed by atoms with Crippen LogP contribution in [-0.4, -0.2) is 42.9 Å². The van der Waals surface area contributed by atoms with Crippen LogP contribution in [0.1, 0.15) is 29.3 Å². The van der Waals surface area contributed by atoms with E-state index < -0.39 is 0 Å². The first-order valence-corrected chi connectivity index (χ1v) is 13.0. The molecule has 0 radical (unpaired) electrons. The van der Waals surface area contributed by atoms with Gasteiger partial charge < -0.3 is 15.7 Å². The molecule has 0 aliphatic rings. The van der Waals surface area contributed by atoms with E-state index >= 15 is 0 Å². The molecule has 0 fully saturated rings. The van der Waals surface area contributed by atoms with Gasteiger partial charge in [0, 0.05) is 50.1 Å². The molecule has 0 aliphatic carbocycles. The van der Waals surface area contributed by atoms with Crippen LogP contribution in [0.25, 0.3) is 0 Å². The van der Waals surface area contributed by atoms with Gasteiger partial charge >= 0.3 is 0 Å². The molecule has 0 unspecified atom stereocenters. The molecule has 4 nitrogen and oxygen atoms in total. The predicted octanol–water partition coefficient (Wildman–Crippen LogP) is 3.53. The summed E-state index contributed by atoms with van der Waals surface area (Å²) < 4.78 is 2.33. The molecule has 0 aliphatic heterocycles. The van der Waals surface area contributed by atoms with Crippen molar-refractivity contribution in [2.75, 3.05) is 42.6 Å². The molecule has 0 saturated heterocycles. The fourth-order valence-corrected chi connectivity index (χ4v) is 5.26. The molecule has 29 heavy (non-hydrogen) atoms. The molecule has 0 atom stereocenters. The van der Waals surface area contributed by atoms with Crippen LogP contribution >= 0.6 is 21.6 Å². The highest BCUT2D eigenvalue weighted by Gasteiger charge is 2.10. The van der Waals surface area contributed by atoms with Crippen molar-refractivity contribution in [2.45, 2.75) is 40.2 Å². The Hall–Kier alpha value is -1.21. The Kier molecular flexibility index (Phi) is 10.9. The van der Waals surface area contributed by atoms with Crippen LogP contribution in [0.15, 0.2) is 36.5 Å². The first-order chi connectivity index (χ1) is 14.1. The fourth-order valence-electron chi connectivity index (χ4n) is 3.44. The van der Waals surface area contributed by atoms with Crippen molar-refractivity contribution in [3.05, 3.63) is 58.9 Å². The zero-order valence-corrected chi connectivity index (χ0v) is 19.7. The molecule has 1 aromatic carbocycles. The van der Waals surface area contributed by atoms with Gasteiger partial charge in [0.15, 0.2) is 18.4 Å². The number of anilines is 1. The van der Waals surface area contributed by atoms with Crippen LogP contribution in [0.3, 0.4) is 0 Å². The van der Waals surface area contributed by atoms with Gasteiger partial charge in [-0.05, 0) is 55.5 Å². The highest BCUT2D eigenvalue weighted by molar-refractivity contribution is 8.76. The first kappa shape index (κ1) is 24.1. The number of aryl methyl sites for hydroxylation is 5. The van der Waals surface area contributed by atoms with Crippen molar-refractivity contribution in [1.29, 1.82) is 0 Å². The van der Waals surface area contributed by atoms with Crippen LogP contribution < -0.4 is 15.2 Å². The van der Waals surface area contributed by atoms with Gasteiger partial charge in [-0.3, -0.25) is 0 Å². The lowest BCUT2D eigenvalue weighted by Crippen LogP contribution is -2.37. The standard InChI is InChI=1S/C23H36N3OS2/c1-4-25(12-14-27)23-8-7-22(19(2)17-23)6-5-21-9-11-26(20(3)18-21)13-16-29-28-15-10-24/h7-9,11,17-18,27H,4-6,10,12-16,24H2,1-3H3/q+1. The number of likely N-dealkylation sites (N-methyl/N-ethyl adjacent to an activating group) is 1. The highest BCUT2D eigenvalue weighted by Crippen LogP contribution is 2.21. The third-order valence-corrected chi connectivity index (χ3v) is 7.56. The van der Waals surface area contributed by atoms with Crippen molar-refractivity contribution < 1.29 is 9.67 Å². The van der Waals surface area contributed by atoms with E-state index in [1.165, 1.54) is 28.1 Å². The topological polar surface area (TPSA) is 53.4 Å². The Bertz CT molecular complexity index is 755. The molecule has 0 saturated carbocycles. The maximum Gasteiger partial charge on any atom is 0.178 e. The van der Waals surface area contributed by atoms with Gasteiger partial charge in [0.05, 0.1) is 12.4 Å². The van der Waals surface area contributed by atoms with E-state index in [1.54, 1.807) is 0 Å². The molecule has 0 amide bonds.